The SMILES string of the molecule is CC(=O)Nc1ccc(S(=O)(=O)N2CCS[C@H]2C(=O)[O-])cc1. The number of thioether (sulfide) groups is 1. The number of rotatable bonds is 4. The lowest BCUT2D eigenvalue weighted by molar-refractivity contribution is -0.306. The summed E-state index contributed by atoms with van der Waals surface area (Å²) in [6.45, 7) is 1.47. The third-order valence-corrected chi connectivity index (χ3v) is 6.02. The van der Waals surface area contributed by atoms with E-state index in [4.69, 9.17) is 0 Å². The molecule has 0 aromatic heterocycles. The molecule has 0 unspecified atom stereocenters. The van der Waals surface area contributed by atoms with Crippen LogP contribution in [0.2, 0.25) is 0 Å². The Kier molecular flexibility index (Phi) is 4.55. The maximum Gasteiger partial charge on any atom is 0.244 e. The Morgan fingerprint density at radius 3 is 2.48 bits per heavy atom. The minimum absolute atomic E-state index is 0.0228. The lowest BCUT2D eigenvalue weighted by Crippen LogP contribution is -2.45. The molecule has 1 amide bonds. The molecule has 1 fully saturated rings. The van der Waals surface area contributed by atoms with Crippen LogP contribution in [0.5, 0.6) is 0 Å². The van der Waals surface area contributed by atoms with E-state index in [2.05, 4.69) is 5.32 Å². The van der Waals surface area contributed by atoms with Crippen LogP contribution in [0, 0.1) is 0 Å². The van der Waals surface area contributed by atoms with Crippen LogP contribution in [-0.2, 0) is 19.6 Å². The van der Waals surface area contributed by atoms with E-state index in [9.17, 15) is 23.1 Å². The molecule has 1 N–H and O–H groups in total. The molecular formula is C12H13N2O5S2-. The van der Waals surface area contributed by atoms with E-state index < -0.39 is 21.4 Å². The van der Waals surface area contributed by atoms with E-state index in [1.165, 1.54) is 31.2 Å². The van der Waals surface area contributed by atoms with Gasteiger partial charge in [0.15, 0.2) is 0 Å². The van der Waals surface area contributed by atoms with Gasteiger partial charge in [0, 0.05) is 24.9 Å². The minimum atomic E-state index is -3.90. The molecule has 0 saturated carbocycles. The number of carboxylic acid groups (broad SMARTS) is 1. The number of amides is 1. The Morgan fingerprint density at radius 2 is 1.95 bits per heavy atom. The topological polar surface area (TPSA) is 107 Å². The molecule has 1 aliphatic heterocycles. The number of carbonyl (C=O) groups excluding carboxylic acids is 2. The first-order chi connectivity index (χ1) is 9.82. The first kappa shape index (κ1) is 15.8. The molecule has 1 aliphatic rings. The second-order valence-corrected chi connectivity index (χ2v) is 7.44. The molecule has 7 nitrogen and oxygen atoms in total. The Morgan fingerprint density at radius 1 is 1.33 bits per heavy atom. The summed E-state index contributed by atoms with van der Waals surface area (Å²) in [7, 11) is -3.90. The van der Waals surface area contributed by atoms with Gasteiger partial charge in [0.2, 0.25) is 15.9 Å². The molecule has 114 valence electrons. The van der Waals surface area contributed by atoms with Gasteiger partial charge in [-0.1, -0.05) is 0 Å². The van der Waals surface area contributed by atoms with Crippen molar-refractivity contribution in [1.29, 1.82) is 0 Å². The van der Waals surface area contributed by atoms with Gasteiger partial charge in [-0.3, -0.25) is 4.79 Å². The first-order valence-corrected chi connectivity index (χ1v) is 8.53. The summed E-state index contributed by atoms with van der Waals surface area (Å²) in [5, 5.41) is 12.3. The molecule has 1 aromatic carbocycles. The molecule has 0 radical (unpaired) electrons. The smallest absolute Gasteiger partial charge is 0.244 e. The fourth-order valence-corrected chi connectivity index (χ4v) is 4.93. The molecule has 9 heteroatoms. The Labute approximate surface area is 126 Å². The van der Waals surface area contributed by atoms with Crippen molar-refractivity contribution in [2.45, 2.75) is 17.2 Å². The zero-order chi connectivity index (χ0) is 15.6. The van der Waals surface area contributed by atoms with Crippen LogP contribution in [0.3, 0.4) is 0 Å². The van der Waals surface area contributed by atoms with Gasteiger partial charge >= 0.3 is 0 Å². The number of nitrogens with one attached hydrogen (secondary N) is 1. The summed E-state index contributed by atoms with van der Waals surface area (Å²) in [4.78, 5) is 21.9. The monoisotopic (exact) mass is 329 g/mol. The molecule has 21 heavy (non-hydrogen) atoms. The van der Waals surface area contributed by atoms with Gasteiger partial charge in [-0.15, -0.1) is 11.8 Å². The first-order valence-electron chi connectivity index (χ1n) is 6.04. The molecule has 0 aliphatic carbocycles. The van der Waals surface area contributed by atoms with E-state index in [1.54, 1.807) is 0 Å². The molecule has 1 heterocycles. The van der Waals surface area contributed by atoms with Crippen molar-refractivity contribution in [2.75, 3.05) is 17.6 Å². The standard InChI is InChI=1S/C12H14N2O5S2/c1-8(15)13-9-2-4-10(5-3-9)21(18,19)14-6-7-20-11(14)12(16)17/h2-5,11H,6-7H2,1H3,(H,13,15)(H,16,17)/p-1/t11-/m0/s1. The summed E-state index contributed by atoms with van der Waals surface area (Å²) >= 11 is 1.02. The Balaban J connectivity index is 2.27. The normalized spacial score (nSPS) is 19.4. The Bertz CT molecular complexity index is 657. The third kappa shape index (κ3) is 3.36. The fourth-order valence-electron chi connectivity index (χ4n) is 1.94. The van der Waals surface area contributed by atoms with Crippen LogP contribution in [0.1, 0.15) is 6.92 Å². The van der Waals surface area contributed by atoms with Crippen molar-refractivity contribution in [3.63, 3.8) is 0 Å². The fraction of sp³-hybridized carbons (Fsp3) is 0.333. The minimum Gasteiger partial charge on any atom is -0.547 e. The average Bonchev–Trinajstić information content (AvgIpc) is 2.88. The highest BCUT2D eigenvalue weighted by Crippen LogP contribution is 2.30. The van der Waals surface area contributed by atoms with Gasteiger partial charge in [0.05, 0.1) is 10.9 Å². The number of aliphatic carboxylic acids is 1. The van der Waals surface area contributed by atoms with Gasteiger partial charge in [-0.2, -0.15) is 4.31 Å². The number of sulfonamides is 1. The lowest BCUT2D eigenvalue weighted by Gasteiger charge is -2.23. The summed E-state index contributed by atoms with van der Waals surface area (Å²) in [5.41, 5.74) is 0.466. The summed E-state index contributed by atoms with van der Waals surface area (Å²) in [6.07, 6.45) is 0. The van der Waals surface area contributed by atoms with Crippen LogP contribution in [0.15, 0.2) is 29.2 Å². The van der Waals surface area contributed by atoms with Crippen molar-refractivity contribution < 1.29 is 23.1 Å². The Hall–Kier alpha value is -1.58. The number of anilines is 1. The summed E-state index contributed by atoms with van der Waals surface area (Å²) < 4.78 is 25.8. The molecular weight excluding hydrogens is 316 g/mol. The zero-order valence-electron chi connectivity index (χ0n) is 11.1. The highest BCUT2D eigenvalue weighted by Gasteiger charge is 2.36. The second kappa shape index (κ2) is 6.04. The maximum atomic E-state index is 12.4. The van der Waals surface area contributed by atoms with Crippen LogP contribution in [-0.4, -0.2) is 42.3 Å². The highest BCUT2D eigenvalue weighted by molar-refractivity contribution is 8.02. The van der Waals surface area contributed by atoms with E-state index in [1.807, 2.05) is 0 Å². The quantitative estimate of drug-likeness (QED) is 0.795. The number of hydrogen-bond acceptors (Lipinski definition) is 6. The van der Waals surface area contributed by atoms with Gasteiger partial charge in [0.1, 0.15) is 5.37 Å². The molecule has 1 saturated heterocycles. The highest BCUT2D eigenvalue weighted by atomic mass is 32.2. The predicted molar refractivity (Wildman–Crippen MR) is 75.9 cm³/mol. The van der Waals surface area contributed by atoms with Crippen molar-refractivity contribution in [2.24, 2.45) is 0 Å². The maximum absolute atomic E-state index is 12.4. The molecule has 1 atom stereocenters. The summed E-state index contributed by atoms with van der Waals surface area (Å²) in [6, 6.07) is 5.56. The largest absolute Gasteiger partial charge is 0.547 e. The number of hydrogen-bond donors (Lipinski definition) is 1. The average molecular weight is 329 g/mol. The molecule has 0 bridgehead atoms. The van der Waals surface area contributed by atoms with E-state index >= 15 is 0 Å². The number of carboxylic acids is 1. The van der Waals surface area contributed by atoms with Crippen LogP contribution in [0.25, 0.3) is 0 Å². The second-order valence-electron chi connectivity index (χ2n) is 4.36. The van der Waals surface area contributed by atoms with Crippen LogP contribution < -0.4 is 10.4 Å². The third-order valence-electron chi connectivity index (χ3n) is 2.83. The van der Waals surface area contributed by atoms with E-state index in [0.717, 1.165) is 16.1 Å². The van der Waals surface area contributed by atoms with Crippen LogP contribution >= 0.6 is 11.8 Å². The van der Waals surface area contributed by atoms with Crippen molar-refractivity contribution in [3.05, 3.63) is 24.3 Å². The van der Waals surface area contributed by atoms with Gasteiger partial charge in [0.25, 0.3) is 0 Å². The van der Waals surface area contributed by atoms with E-state index in [0.29, 0.717) is 11.4 Å². The van der Waals surface area contributed by atoms with Crippen LogP contribution in [0.4, 0.5) is 5.69 Å². The number of carbonyl (C=O) groups is 2. The predicted octanol–water partition coefficient (Wildman–Crippen LogP) is -0.541. The molecule has 0 spiro atoms. The van der Waals surface area contributed by atoms with Gasteiger partial charge in [-0.05, 0) is 24.3 Å². The van der Waals surface area contributed by atoms with Gasteiger partial charge < -0.3 is 15.2 Å². The lowest BCUT2D eigenvalue weighted by atomic mass is 10.3. The zero-order valence-corrected chi connectivity index (χ0v) is 12.7. The van der Waals surface area contributed by atoms with Crippen molar-refractivity contribution >= 4 is 39.3 Å². The molecule has 1 aromatic rings. The van der Waals surface area contributed by atoms with E-state index in [-0.39, 0.29) is 17.3 Å². The van der Waals surface area contributed by atoms with Gasteiger partial charge in [-0.25, -0.2) is 8.42 Å². The number of benzene rings is 1. The number of nitrogens with zero attached hydrogens (tertiary/aromatic N) is 1. The van der Waals surface area contributed by atoms with Crippen molar-refractivity contribution in [3.8, 4) is 0 Å². The molecule has 2 rings (SSSR count). The van der Waals surface area contributed by atoms with Crippen molar-refractivity contribution in [1.82, 2.24) is 4.31 Å². The summed E-state index contributed by atoms with van der Waals surface area (Å²) in [5.74, 6) is -1.28.